The van der Waals surface area contributed by atoms with Crippen LogP contribution in [0.2, 0.25) is 0 Å². The van der Waals surface area contributed by atoms with E-state index in [4.69, 9.17) is 4.74 Å². The maximum Gasteiger partial charge on any atom is 0.273 e. The van der Waals surface area contributed by atoms with E-state index in [1.54, 1.807) is 12.1 Å². The zero-order chi connectivity index (χ0) is 13.5. The second kappa shape index (κ2) is 7.09. The average Bonchev–Trinajstić information content (AvgIpc) is 2.45. The predicted molar refractivity (Wildman–Crippen MR) is 73.5 cm³/mol. The maximum absolute atomic E-state index is 10.6. The van der Waals surface area contributed by atoms with E-state index in [0.717, 1.165) is 13.0 Å². The number of likely N-dealkylation sites (tertiary alicyclic amines) is 1. The molecule has 1 fully saturated rings. The number of hydrogen-bond acceptors (Lipinski definition) is 4. The molecule has 1 saturated heterocycles. The zero-order valence-electron chi connectivity index (χ0n) is 11.1. The molecule has 5 heteroatoms. The van der Waals surface area contributed by atoms with Crippen molar-refractivity contribution in [2.45, 2.75) is 25.7 Å². The van der Waals surface area contributed by atoms with Gasteiger partial charge in [-0.05, 0) is 38.4 Å². The molecule has 1 aromatic carbocycles. The van der Waals surface area contributed by atoms with Gasteiger partial charge in [-0.15, -0.1) is 0 Å². The number of rotatable bonds is 6. The van der Waals surface area contributed by atoms with Crippen molar-refractivity contribution in [2.24, 2.45) is 0 Å². The highest BCUT2D eigenvalue weighted by Gasteiger charge is 2.09. The van der Waals surface area contributed by atoms with Gasteiger partial charge < -0.3 is 9.64 Å². The molecule has 0 radical (unpaired) electrons. The number of ether oxygens (including phenoxy) is 1. The summed E-state index contributed by atoms with van der Waals surface area (Å²) in [5, 5.41) is 10.6. The third-order valence-electron chi connectivity index (χ3n) is 3.36. The van der Waals surface area contributed by atoms with Crippen LogP contribution in [0.5, 0.6) is 5.75 Å². The van der Waals surface area contributed by atoms with Crippen LogP contribution in [-0.2, 0) is 0 Å². The summed E-state index contributed by atoms with van der Waals surface area (Å²) in [5.41, 5.74) is 0.0773. The molecule has 19 heavy (non-hydrogen) atoms. The Bertz CT molecular complexity index is 417. The van der Waals surface area contributed by atoms with Crippen LogP contribution in [0.1, 0.15) is 25.7 Å². The molecule has 0 spiro atoms. The molecule has 5 nitrogen and oxygen atoms in total. The molecule has 0 N–H and O–H groups in total. The number of nitro groups is 1. The second-order valence-electron chi connectivity index (χ2n) is 4.86. The Morgan fingerprint density at radius 1 is 1.26 bits per heavy atom. The molecule has 1 heterocycles. The molecule has 0 bridgehead atoms. The van der Waals surface area contributed by atoms with Gasteiger partial charge in [-0.3, -0.25) is 10.1 Å². The smallest absolute Gasteiger partial charge is 0.273 e. The van der Waals surface area contributed by atoms with Crippen LogP contribution >= 0.6 is 0 Å². The lowest BCUT2D eigenvalue weighted by Crippen LogP contribution is -2.31. The molecule has 1 aliphatic rings. The van der Waals surface area contributed by atoms with Gasteiger partial charge in [-0.2, -0.15) is 0 Å². The van der Waals surface area contributed by atoms with Gasteiger partial charge in [0.05, 0.1) is 17.6 Å². The number of piperidine rings is 1. The van der Waals surface area contributed by atoms with E-state index in [-0.39, 0.29) is 5.69 Å². The van der Waals surface area contributed by atoms with Gasteiger partial charge in [0.2, 0.25) is 0 Å². The van der Waals surface area contributed by atoms with Crippen LogP contribution in [-0.4, -0.2) is 36.1 Å². The molecule has 0 aliphatic carbocycles. The van der Waals surface area contributed by atoms with Crippen LogP contribution in [0.25, 0.3) is 0 Å². The number of nitro benzene ring substituents is 1. The van der Waals surface area contributed by atoms with Crippen LogP contribution < -0.4 is 4.74 Å². The molecular weight excluding hydrogens is 244 g/mol. The van der Waals surface area contributed by atoms with Crippen LogP contribution in [0, 0.1) is 10.1 Å². The summed E-state index contributed by atoms with van der Waals surface area (Å²) in [6.07, 6.45) is 4.90. The van der Waals surface area contributed by atoms with Crippen LogP contribution in [0.4, 0.5) is 5.69 Å². The molecule has 0 unspecified atom stereocenters. The fourth-order valence-electron chi connectivity index (χ4n) is 2.35. The Kier molecular flexibility index (Phi) is 5.15. The first kappa shape index (κ1) is 13.8. The van der Waals surface area contributed by atoms with Gasteiger partial charge in [0, 0.05) is 12.6 Å². The van der Waals surface area contributed by atoms with Crippen molar-refractivity contribution < 1.29 is 9.66 Å². The molecule has 0 atom stereocenters. The van der Waals surface area contributed by atoms with E-state index in [0.29, 0.717) is 12.4 Å². The first-order valence-electron chi connectivity index (χ1n) is 6.85. The van der Waals surface area contributed by atoms with E-state index < -0.39 is 4.92 Å². The van der Waals surface area contributed by atoms with Crippen molar-refractivity contribution in [1.29, 1.82) is 0 Å². The van der Waals surface area contributed by atoms with Crippen molar-refractivity contribution in [3.63, 3.8) is 0 Å². The summed E-state index contributed by atoms with van der Waals surface area (Å²) in [6.45, 7) is 4.04. The van der Waals surface area contributed by atoms with Gasteiger partial charge in [-0.25, -0.2) is 0 Å². The average molecular weight is 264 g/mol. The molecule has 0 aromatic heterocycles. The first-order chi connectivity index (χ1) is 9.25. The van der Waals surface area contributed by atoms with Gasteiger partial charge in [0.25, 0.3) is 5.69 Å². The minimum atomic E-state index is -0.402. The van der Waals surface area contributed by atoms with Gasteiger partial charge >= 0.3 is 0 Å². The highest BCUT2D eigenvalue weighted by atomic mass is 16.6. The van der Waals surface area contributed by atoms with E-state index in [9.17, 15) is 10.1 Å². The van der Waals surface area contributed by atoms with E-state index >= 15 is 0 Å². The normalized spacial score (nSPS) is 16.2. The van der Waals surface area contributed by atoms with Crippen molar-refractivity contribution in [3.8, 4) is 5.75 Å². The maximum atomic E-state index is 10.6. The number of nitrogens with zero attached hydrogens (tertiary/aromatic N) is 2. The Balaban J connectivity index is 1.70. The monoisotopic (exact) mass is 264 g/mol. The minimum Gasteiger partial charge on any atom is -0.493 e. The highest BCUT2D eigenvalue weighted by molar-refractivity contribution is 5.37. The number of benzene rings is 1. The quantitative estimate of drug-likeness (QED) is 0.450. The highest BCUT2D eigenvalue weighted by Crippen LogP contribution is 2.19. The van der Waals surface area contributed by atoms with E-state index in [1.807, 2.05) is 0 Å². The molecule has 0 saturated carbocycles. The lowest BCUT2D eigenvalue weighted by molar-refractivity contribution is -0.384. The van der Waals surface area contributed by atoms with Crippen LogP contribution in [0.3, 0.4) is 0 Å². The van der Waals surface area contributed by atoms with Gasteiger partial charge in [-0.1, -0.05) is 12.5 Å². The van der Waals surface area contributed by atoms with E-state index in [1.165, 1.54) is 44.5 Å². The Labute approximate surface area is 113 Å². The molecule has 1 aromatic rings. The zero-order valence-corrected chi connectivity index (χ0v) is 11.1. The fraction of sp³-hybridized carbons (Fsp3) is 0.571. The van der Waals surface area contributed by atoms with Gasteiger partial charge in [0.15, 0.2) is 0 Å². The lowest BCUT2D eigenvalue weighted by atomic mass is 10.1. The first-order valence-corrected chi connectivity index (χ1v) is 6.85. The van der Waals surface area contributed by atoms with Crippen molar-refractivity contribution >= 4 is 5.69 Å². The summed E-state index contributed by atoms with van der Waals surface area (Å²) in [4.78, 5) is 12.7. The second-order valence-corrected chi connectivity index (χ2v) is 4.86. The summed E-state index contributed by atoms with van der Waals surface area (Å²) >= 11 is 0. The van der Waals surface area contributed by atoms with Crippen molar-refractivity contribution in [1.82, 2.24) is 4.90 Å². The minimum absolute atomic E-state index is 0.0773. The summed E-state index contributed by atoms with van der Waals surface area (Å²) in [5.74, 6) is 0.577. The topological polar surface area (TPSA) is 55.6 Å². The summed E-state index contributed by atoms with van der Waals surface area (Å²) in [6, 6.07) is 6.35. The van der Waals surface area contributed by atoms with Crippen LogP contribution in [0.15, 0.2) is 24.3 Å². The Morgan fingerprint density at radius 3 is 2.79 bits per heavy atom. The SMILES string of the molecule is O=[N+]([O-])c1cccc(OCCCN2CCCCC2)c1. The Morgan fingerprint density at radius 2 is 2.05 bits per heavy atom. The third-order valence-corrected chi connectivity index (χ3v) is 3.36. The predicted octanol–water partition coefficient (Wildman–Crippen LogP) is 2.85. The lowest BCUT2D eigenvalue weighted by Gasteiger charge is -2.26. The number of non-ortho nitro benzene ring substituents is 1. The molecule has 104 valence electrons. The third kappa shape index (κ3) is 4.52. The Hall–Kier alpha value is -1.62. The fourth-order valence-corrected chi connectivity index (χ4v) is 2.35. The summed E-state index contributed by atoms with van der Waals surface area (Å²) in [7, 11) is 0. The van der Waals surface area contributed by atoms with E-state index in [2.05, 4.69) is 4.90 Å². The summed E-state index contributed by atoms with van der Waals surface area (Å²) < 4.78 is 5.56. The molecule has 0 amide bonds. The van der Waals surface area contributed by atoms with Crippen molar-refractivity contribution in [3.05, 3.63) is 34.4 Å². The van der Waals surface area contributed by atoms with Gasteiger partial charge in [0.1, 0.15) is 5.75 Å². The molecule has 2 rings (SSSR count). The molecular formula is C14H20N2O3. The standard InChI is InChI=1S/C14H20N2O3/c17-16(18)13-6-4-7-14(12-13)19-11-5-10-15-8-2-1-3-9-15/h4,6-7,12H,1-3,5,8-11H2. The van der Waals surface area contributed by atoms with Crippen molar-refractivity contribution in [2.75, 3.05) is 26.2 Å². The largest absolute Gasteiger partial charge is 0.493 e. The number of hydrogen-bond donors (Lipinski definition) is 0. The molecule has 1 aliphatic heterocycles.